The van der Waals surface area contributed by atoms with Gasteiger partial charge in [0.15, 0.2) is 0 Å². The monoisotopic (exact) mass is 324 g/mol. The normalized spacial score (nSPS) is 10.3. The van der Waals surface area contributed by atoms with Crippen molar-refractivity contribution >= 4 is 12.0 Å². The molecule has 2 amide bonds. The summed E-state index contributed by atoms with van der Waals surface area (Å²) in [4.78, 5) is 24.2. The number of aromatic carboxylic acids is 1. The van der Waals surface area contributed by atoms with Gasteiger partial charge in [-0.2, -0.15) is 0 Å². The Hall–Kier alpha value is -2.12. The molecule has 0 aliphatic heterocycles. The minimum atomic E-state index is -0.968. The van der Waals surface area contributed by atoms with Crippen LogP contribution in [0.5, 0.6) is 0 Å². The lowest BCUT2D eigenvalue weighted by Gasteiger charge is -2.18. The average molecular weight is 324 g/mol. The Bertz CT molecular complexity index is 490. The molecule has 7 nitrogen and oxygen atoms in total. The molecule has 0 unspecified atom stereocenters. The second-order valence-corrected chi connectivity index (χ2v) is 4.89. The van der Waals surface area contributed by atoms with Crippen molar-refractivity contribution < 1.29 is 24.2 Å². The van der Waals surface area contributed by atoms with E-state index in [1.54, 1.807) is 19.2 Å². The number of urea groups is 1. The number of carbonyl (C=O) groups excluding carboxylic acids is 1. The highest BCUT2D eigenvalue weighted by Gasteiger charge is 2.08. The van der Waals surface area contributed by atoms with Crippen molar-refractivity contribution in [2.45, 2.75) is 13.5 Å². The van der Waals surface area contributed by atoms with E-state index in [1.807, 2.05) is 6.92 Å². The molecule has 0 fully saturated rings. The molecule has 0 aliphatic carbocycles. The number of amides is 2. The van der Waals surface area contributed by atoms with Crippen LogP contribution < -0.4 is 5.32 Å². The molecule has 0 atom stereocenters. The van der Waals surface area contributed by atoms with Gasteiger partial charge in [0.05, 0.1) is 25.4 Å². The van der Waals surface area contributed by atoms with E-state index in [-0.39, 0.29) is 11.6 Å². The summed E-state index contributed by atoms with van der Waals surface area (Å²) < 4.78 is 10.5. The number of hydrogen-bond donors (Lipinski definition) is 2. The number of carboxylic acid groups (broad SMARTS) is 1. The summed E-state index contributed by atoms with van der Waals surface area (Å²) >= 11 is 0. The molecule has 1 aromatic rings. The molecule has 1 aromatic carbocycles. The molecule has 0 saturated carbocycles. The van der Waals surface area contributed by atoms with E-state index in [2.05, 4.69) is 5.32 Å². The van der Waals surface area contributed by atoms with Gasteiger partial charge in [0.25, 0.3) is 0 Å². The van der Waals surface area contributed by atoms with Crippen LogP contribution in [0.2, 0.25) is 0 Å². The first-order valence-corrected chi connectivity index (χ1v) is 7.51. The maximum Gasteiger partial charge on any atom is 0.335 e. The first-order chi connectivity index (χ1) is 11.0. The summed E-state index contributed by atoms with van der Waals surface area (Å²) in [5, 5.41) is 11.6. The Kier molecular flexibility index (Phi) is 8.71. The lowest BCUT2D eigenvalue weighted by atomic mass is 10.1. The van der Waals surface area contributed by atoms with Gasteiger partial charge in [-0.25, -0.2) is 9.59 Å². The van der Waals surface area contributed by atoms with E-state index in [9.17, 15) is 9.59 Å². The van der Waals surface area contributed by atoms with Gasteiger partial charge in [0.2, 0.25) is 0 Å². The second kappa shape index (κ2) is 10.6. The topological polar surface area (TPSA) is 88.1 Å². The van der Waals surface area contributed by atoms with Gasteiger partial charge in [-0.15, -0.1) is 0 Å². The van der Waals surface area contributed by atoms with Gasteiger partial charge in [-0.1, -0.05) is 12.1 Å². The van der Waals surface area contributed by atoms with Crippen molar-refractivity contribution in [2.24, 2.45) is 0 Å². The van der Waals surface area contributed by atoms with Gasteiger partial charge in [0, 0.05) is 26.7 Å². The van der Waals surface area contributed by atoms with Crippen LogP contribution in [0.15, 0.2) is 24.3 Å². The highest BCUT2D eigenvalue weighted by Crippen LogP contribution is 2.04. The van der Waals surface area contributed by atoms with Gasteiger partial charge in [0.1, 0.15) is 0 Å². The van der Waals surface area contributed by atoms with E-state index in [1.165, 1.54) is 17.0 Å². The zero-order valence-corrected chi connectivity index (χ0v) is 13.6. The van der Waals surface area contributed by atoms with Crippen LogP contribution in [-0.4, -0.2) is 62.0 Å². The number of nitrogens with zero attached hydrogens (tertiary/aromatic N) is 1. The largest absolute Gasteiger partial charge is 0.478 e. The van der Waals surface area contributed by atoms with Crippen molar-refractivity contribution in [2.75, 3.05) is 40.0 Å². The first kappa shape index (κ1) is 18.9. The first-order valence-electron chi connectivity index (χ1n) is 7.51. The zero-order valence-electron chi connectivity index (χ0n) is 13.6. The van der Waals surface area contributed by atoms with Crippen LogP contribution in [0.1, 0.15) is 22.8 Å². The lowest BCUT2D eigenvalue weighted by molar-refractivity contribution is 0.0478. The van der Waals surface area contributed by atoms with Crippen LogP contribution in [0.3, 0.4) is 0 Å². The number of rotatable bonds is 10. The van der Waals surface area contributed by atoms with Crippen molar-refractivity contribution in [3.8, 4) is 0 Å². The predicted octanol–water partition coefficient (Wildman–Crippen LogP) is 1.58. The fraction of sp³-hybridized carbons (Fsp3) is 0.500. The zero-order chi connectivity index (χ0) is 17.1. The molecule has 23 heavy (non-hydrogen) atoms. The third-order valence-corrected chi connectivity index (χ3v) is 3.14. The van der Waals surface area contributed by atoms with Crippen molar-refractivity contribution in [1.29, 1.82) is 0 Å². The summed E-state index contributed by atoms with van der Waals surface area (Å²) in [6.07, 6.45) is 0. The molecule has 2 N–H and O–H groups in total. The molecule has 7 heteroatoms. The fourth-order valence-corrected chi connectivity index (χ4v) is 1.75. The summed E-state index contributed by atoms with van der Waals surface area (Å²) in [5.41, 5.74) is 1.06. The average Bonchev–Trinajstić information content (AvgIpc) is 2.55. The molecular weight excluding hydrogens is 300 g/mol. The second-order valence-electron chi connectivity index (χ2n) is 4.89. The van der Waals surface area contributed by atoms with Crippen LogP contribution in [0, 0.1) is 0 Å². The van der Waals surface area contributed by atoms with Crippen LogP contribution >= 0.6 is 0 Å². The van der Waals surface area contributed by atoms with E-state index in [0.29, 0.717) is 39.5 Å². The van der Waals surface area contributed by atoms with Crippen molar-refractivity contribution in [3.05, 3.63) is 35.4 Å². The van der Waals surface area contributed by atoms with E-state index >= 15 is 0 Å². The lowest BCUT2D eigenvalue weighted by Crippen LogP contribution is -2.38. The number of carbonyl (C=O) groups is 2. The highest BCUT2D eigenvalue weighted by atomic mass is 16.5. The van der Waals surface area contributed by atoms with E-state index in [4.69, 9.17) is 14.6 Å². The van der Waals surface area contributed by atoms with Gasteiger partial charge < -0.3 is 24.8 Å². The van der Waals surface area contributed by atoms with Crippen LogP contribution in [0.25, 0.3) is 0 Å². The summed E-state index contributed by atoms with van der Waals surface area (Å²) in [6.45, 7) is 4.93. The smallest absolute Gasteiger partial charge is 0.335 e. The SMILES string of the molecule is CCOCCOCCN(C)C(=O)NCc1ccc(C(=O)O)cc1. The summed E-state index contributed by atoms with van der Waals surface area (Å²) in [5.74, 6) is -0.968. The number of ether oxygens (including phenoxy) is 2. The molecule has 0 radical (unpaired) electrons. The minimum absolute atomic E-state index is 0.208. The molecule has 1 rings (SSSR count). The molecule has 0 bridgehead atoms. The summed E-state index contributed by atoms with van der Waals surface area (Å²) in [6, 6.07) is 6.18. The number of likely N-dealkylation sites (N-methyl/N-ethyl adjacent to an activating group) is 1. The van der Waals surface area contributed by atoms with E-state index in [0.717, 1.165) is 5.56 Å². The Morgan fingerprint density at radius 3 is 2.39 bits per heavy atom. The quantitative estimate of drug-likeness (QED) is 0.638. The van der Waals surface area contributed by atoms with E-state index < -0.39 is 5.97 Å². The molecular formula is C16H24N2O5. The minimum Gasteiger partial charge on any atom is -0.478 e. The molecule has 0 aliphatic rings. The molecule has 0 saturated heterocycles. The Labute approximate surface area is 136 Å². The van der Waals surface area contributed by atoms with Gasteiger partial charge in [-0.3, -0.25) is 0 Å². The standard InChI is InChI=1S/C16H24N2O5/c1-3-22-10-11-23-9-8-18(2)16(21)17-12-13-4-6-14(7-5-13)15(19)20/h4-7H,3,8-12H2,1-2H3,(H,17,21)(H,19,20). The van der Waals surface area contributed by atoms with Crippen LogP contribution in [0.4, 0.5) is 4.79 Å². The Morgan fingerprint density at radius 1 is 1.13 bits per heavy atom. The van der Waals surface area contributed by atoms with Crippen molar-refractivity contribution in [3.63, 3.8) is 0 Å². The molecule has 0 spiro atoms. The Morgan fingerprint density at radius 2 is 1.78 bits per heavy atom. The predicted molar refractivity (Wildman–Crippen MR) is 85.6 cm³/mol. The highest BCUT2D eigenvalue weighted by molar-refractivity contribution is 5.87. The number of nitrogens with one attached hydrogen (secondary N) is 1. The third kappa shape index (κ3) is 7.62. The Balaban J connectivity index is 2.23. The number of hydrogen-bond acceptors (Lipinski definition) is 4. The molecule has 0 heterocycles. The fourth-order valence-electron chi connectivity index (χ4n) is 1.75. The van der Waals surface area contributed by atoms with Crippen molar-refractivity contribution in [1.82, 2.24) is 10.2 Å². The third-order valence-electron chi connectivity index (χ3n) is 3.14. The van der Waals surface area contributed by atoms with Gasteiger partial charge in [-0.05, 0) is 24.6 Å². The van der Waals surface area contributed by atoms with Gasteiger partial charge >= 0.3 is 12.0 Å². The van der Waals surface area contributed by atoms with Crippen LogP contribution in [-0.2, 0) is 16.0 Å². The maximum absolute atomic E-state index is 11.9. The molecule has 128 valence electrons. The summed E-state index contributed by atoms with van der Waals surface area (Å²) in [7, 11) is 1.69. The number of benzene rings is 1. The maximum atomic E-state index is 11.9. The molecule has 0 aromatic heterocycles. The number of carboxylic acids is 1.